The van der Waals surface area contributed by atoms with Crippen molar-refractivity contribution in [3.8, 4) is 11.5 Å². The molecule has 0 radical (unpaired) electrons. The average Bonchev–Trinajstić information content (AvgIpc) is 3.05. The zero-order valence-corrected chi connectivity index (χ0v) is 11.8. The first-order valence-electron chi connectivity index (χ1n) is 5.97. The zero-order valence-electron chi connectivity index (χ0n) is 11.0. The average molecular weight is 297 g/mol. The van der Waals surface area contributed by atoms with E-state index in [0.717, 1.165) is 5.56 Å². The van der Waals surface area contributed by atoms with Crippen LogP contribution in [-0.4, -0.2) is 52.9 Å². The molecule has 0 amide bonds. The molecule has 1 N–H and O–H groups in total. The minimum absolute atomic E-state index is 0.0916. The Hall–Kier alpha value is -1.77. The van der Waals surface area contributed by atoms with E-state index in [1.165, 1.54) is 0 Å². The fourth-order valence-electron chi connectivity index (χ4n) is 1.65. The molecule has 2 rings (SSSR count). The highest BCUT2D eigenvalue weighted by molar-refractivity contribution is 7.08. The van der Waals surface area contributed by atoms with Crippen LogP contribution in [0, 0.1) is 0 Å². The highest BCUT2D eigenvalue weighted by Gasteiger charge is 2.15. The number of aromatic nitrogens is 2. The van der Waals surface area contributed by atoms with Crippen LogP contribution in [0.15, 0.2) is 21.3 Å². The van der Waals surface area contributed by atoms with Crippen LogP contribution < -0.4 is 0 Å². The fourth-order valence-corrected chi connectivity index (χ4v) is 2.28. The predicted octanol–water partition coefficient (Wildman–Crippen LogP) is 1.33. The van der Waals surface area contributed by atoms with E-state index in [-0.39, 0.29) is 6.54 Å². The molecule has 2 heterocycles. The van der Waals surface area contributed by atoms with E-state index in [0.29, 0.717) is 31.4 Å². The van der Waals surface area contributed by atoms with E-state index < -0.39 is 5.97 Å². The van der Waals surface area contributed by atoms with Crippen LogP contribution in [0.25, 0.3) is 11.5 Å². The van der Waals surface area contributed by atoms with Crippen LogP contribution >= 0.6 is 11.3 Å². The second kappa shape index (κ2) is 7.13. The minimum Gasteiger partial charge on any atom is -0.480 e. The predicted molar refractivity (Wildman–Crippen MR) is 72.4 cm³/mol. The summed E-state index contributed by atoms with van der Waals surface area (Å²) >= 11 is 1.54. The van der Waals surface area contributed by atoms with Gasteiger partial charge < -0.3 is 14.4 Å². The number of rotatable bonds is 8. The quantitative estimate of drug-likeness (QED) is 0.786. The first-order valence-corrected chi connectivity index (χ1v) is 6.91. The van der Waals surface area contributed by atoms with Crippen molar-refractivity contribution in [2.75, 3.05) is 26.8 Å². The standard InChI is InChI=1S/C12H15N3O4S/c1-18-4-3-15(7-11(16)17)6-10-13-12(19-14-10)9-2-5-20-8-9/h2,5,8H,3-4,6-7H2,1H3,(H,16,17). The van der Waals surface area contributed by atoms with Crippen molar-refractivity contribution < 1.29 is 19.2 Å². The normalized spacial score (nSPS) is 11.1. The third kappa shape index (κ3) is 4.12. The summed E-state index contributed by atoms with van der Waals surface area (Å²) in [6.07, 6.45) is 0. The molecule has 0 aliphatic carbocycles. The number of ether oxygens (including phenoxy) is 1. The lowest BCUT2D eigenvalue weighted by Crippen LogP contribution is -2.32. The van der Waals surface area contributed by atoms with Gasteiger partial charge in [0.05, 0.1) is 25.3 Å². The topological polar surface area (TPSA) is 88.7 Å². The maximum Gasteiger partial charge on any atom is 0.317 e. The van der Waals surface area contributed by atoms with Gasteiger partial charge in [0.25, 0.3) is 5.89 Å². The van der Waals surface area contributed by atoms with Crippen molar-refractivity contribution >= 4 is 17.3 Å². The Balaban J connectivity index is 2.00. The summed E-state index contributed by atoms with van der Waals surface area (Å²) in [4.78, 5) is 16.8. The molecule has 0 unspecified atom stereocenters. The van der Waals surface area contributed by atoms with Crippen LogP contribution in [0.3, 0.4) is 0 Å². The molecule has 8 heteroatoms. The summed E-state index contributed by atoms with van der Waals surface area (Å²) in [5, 5.41) is 16.6. The third-order valence-electron chi connectivity index (χ3n) is 2.57. The molecule has 2 aromatic rings. The van der Waals surface area contributed by atoms with Crippen LogP contribution in [0.4, 0.5) is 0 Å². The Labute approximate surface area is 119 Å². The van der Waals surface area contributed by atoms with Gasteiger partial charge in [-0.1, -0.05) is 5.16 Å². The van der Waals surface area contributed by atoms with Gasteiger partial charge in [0.2, 0.25) is 0 Å². The zero-order chi connectivity index (χ0) is 14.4. The van der Waals surface area contributed by atoms with Gasteiger partial charge in [-0.3, -0.25) is 9.69 Å². The number of hydrogen-bond acceptors (Lipinski definition) is 7. The molecule has 2 aromatic heterocycles. The summed E-state index contributed by atoms with van der Waals surface area (Å²) in [5.74, 6) is 0.00877. The lowest BCUT2D eigenvalue weighted by molar-refractivity contribution is -0.138. The van der Waals surface area contributed by atoms with Crippen molar-refractivity contribution in [1.29, 1.82) is 0 Å². The van der Waals surface area contributed by atoms with Gasteiger partial charge >= 0.3 is 5.97 Å². The highest BCUT2D eigenvalue weighted by Crippen LogP contribution is 2.20. The van der Waals surface area contributed by atoms with Crippen molar-refractivity contribution in [3.05, 3.63) is 22.7 Å². The number of carbonyl (C=O) groups is 1. The molecule has 0 bridgehead atoms. The van der Waals surface area contributed by atoms with Crippen LogP contribution in [0.5, 0.6) is 0 Å². The Morgan fingerprint density at radius 3 is 3.10 bits per heavy atom. The Morgan fingerprint density at radius 1 is 1.60 bits per heavy atom. The molecule has 0 aromatic carbocycles. The van der Waals surface area contributed by atoms with Gasteiger partial charge in [0, 0.05) is 19.0 Å². The summed E-state index contributed by atoms with van der Waals surface area (Å²) in [5.41, 5.74) is 0.871. The first kappa shape index (κ1) is 14.6. The number of carboxylic acids is 1. The van der Waals surface area contributed by atoms with Gasteiger partial charge in [0.15, 0.2) is 5.82 Å². The van der Waals surface area contributed by atoms with Crippen LogP contribution in [0.1, 0.15) is 5.82 Å². The SMILES string of the molecule is COCCN(CC(=O)O)Cc1noc(-c2ccsc2)n1. The third-order valence-corrected chi connectivity index (χ3v) is 3.25. The first-order chi connectivity index (χ1) is 9.69. The van der Waals surface area contributed by atoms with Crippen molar-refractivity contribution in [2.24, 2.45) is 0 Å². The van der Waals surface area contributed by atoms with E-state index >= 15 is 0 Å². The molecule has 0 atom stereocenters. The second-order valence-electron chi connectivity index (χ2n) is 4.12. The summed E-state index contributed by atoms with van der Waals surface area (Å²) in [6, 6.07) is 1.89. The lowest BCUT2D eigenvalue weighted by Gasteiger charge is -2.17. The summed E-state index contributed by atoms with van der Waals surface area (Å²) in [6.45, 7) is 1.16. The maximum absolute atomic E-state index is 10.8. The van der Waals surface area contributed by atoms with Gasteiger partial charge in [-0.15, -0.1) is 0 Å². The van der Waals surface area contributed by atoms with Crippen molar-refractivity contribution in [3.63, 3.8) is 0 Å². The number of thiophene rings is 1. The van der Waals surface area contributed by atoms with Crippen LogP contribution in [0.2, 0.25) is 0 Å². The molecule has 0 fully saturated rings. The smallest absolute Gasteiger partial charge is 0.317 e. The highest BCUT2D eigenvalue weighted by atomic mass is 32.1. The van der Waals surface area contributed by atoms with Gasteiger partial charge in [-0.25, -0.2) is 0 Å². The molecular formula is C12H15N3O4S. The molecule has 7 nitrogen and oxygen atoms in total. The maximum atomic E-state index is 10.8. The lowest BCUT2D eigenvalue weighted by atomic mass is 10.3. The molecular weight excluding hydrogens is 282 g/mol. The number of carboxylic acid groups (broad SMARTS) is 1. The Bertz CT molecular complexity index is 541. The molecule has 108 valence electrons. The monoisotopic (exact) mass is 297 g/mol. The minimum atomic E-state index is -0.900. The Morgan fingerprint density at radius 2 is 2.45 bits per heavy atom. The van der Waals surface area contributed by atoms with E-state index in [1.54, 1.807) is 23.3 Å². The van der Waals surface area contributed by atoms with Crippen molar-refractivity contribution in [2.45, 2.75) is 6.54 Å². The molecule has 0 aliphatic rings. The fraction of sp³-hybridized carbons (Fsp3) is 0.417. The number of hydrogen-bond donors (Lipinski definition) is 1. The second-order valence-corrected chi connectivity index (χ2v) is 4.91. The van der Waals surface area contributed by atoms with E-state index in [1.807, 2.05) is 16.8 Å². The molecule has 0 saturated heterocycles. The molecule has 0 aliphatic heterocycles. The largest absolute Gasteiger partial charge is 0.480 e. The summed E-state index contributed by atoms with van der Waals surface area (Å²) < 4.78 is 10.1. The van der Waals surface area contributed by atoms with E-state index in [2.05, 4.69) is 10.1 Å². The van der Waals surface area contributed by atoms with Gasteiger partial charge in [0.1, 0.15) is 0 Å². The van der Waals surface area contributed by atoms with Crippen LogP contribution in [-0.2, 0) is 16.1 Å². The molecule has 20 heavy (non-hydrogen) atoms. The number of aliphatic carboxylic acids is 1. The molecule has 0 saturated carbocycles. The molecule has 0 spiro atoms. The van der Waals surface area contributed by atoms with Gasteiger partial charge in [-0.2, -0.15) is 16.3 Å². The van der Waals surface area contributed by atoms with E-state index in [9.17, 15) is 4.79 Å². The van der Waals surface area contributed by atoms with E-state index in [4.69, 9.17) is 14.4 Å². The Kier molecular flexibility index (Phi) is 5.22. The number of nitrogens with zero attached hydrogens (tertiary/aromatic N) is 3. The van der Waals surface area contributed by atoms with Gasteiger partial charge in [-0.05, 0) is 11.4 Å². The number of methoxy groups -OCH3 is 1. The van der Waals surface area contributed by atoms with Crippen molar-refractivity contribution in [1.82, 2.24) is 15.0 Å². The summed E-state index contributed by atoms with van der Waals surface area (Å²) in [7, 11) is 1.57.